The van der Waals surface area contributed by atoms with E-state index in [0.29, 0.717) is 11.4 Å². The first-order chi connectivity index (χ1) is 14.4. The molecule has 0 N–H and O–H groups in total. The van der Waals surface area contributed by atoms with Crippen LogP contribution in [0, 0.1) is 0 Å². The number of nitrogens with zero attached hydrogens (tertiary/aromatic N) is 3. The number of benzene rings is 1. The van der Waals surface area contributed by atoms with Gasteiger partial charge in [0.2, 0.25) is 0 Å². The molecule has 156 valence electrons. The summed E-state index contributed by atoms with van der Waals surface area (Å²) in [6.45, 7) is 1.96. The standard InChI is InChI=1S/C22H23N3O5/c1-4-30-21(27)16-11-17(14-7-8-14)23-19-18(16)20(26)25(22(28)24(19)2)12-13-5-9-15(29-3)10-6-13/h5-6,9-11,14H,4,7-8,12H2,1-3H3. The smallest absolute Gasteiger partial charge is 0.339 e. The van der Waals surface area contributed by atoms with Gasteiger partial charge in [-0.25, -0.2) is 14.6 Å². The number of carbonyl (C=O) groups excluding carboxylic acids is 1. The molecule has 2 heterocycles. The Labute approximate surface area is 172 Å². The van der Waals surface area contributed by atoms with Crippen LogP contribution in [0.25, 0.3) is 11.0 Å². The molecule has 1 saturated carbocycles. The third-order valence-electron chi connectivity index (χ3n) is 5.31. The number of carbonyl (C=O) groups is 1. The van der Waals surface area contributed by atoms with Crippen LogP contribution in [0.2, 0.25) is 0 Å². The van der Waals surface area contributed by atoms with Crippen molar-refractivity contribution in [3.63, 3.8) is 0 Å². The van der Waals surface area contributed by atoms with Gasteiger partial charge in [0.15, 0.2) is 0 Å². The maximum atomic E-state index is 13.3. The van der Waals surface area contributed by atoms with E-state index in [2.05, 4.69) is 4.98 Å². The largest absolute Gasteiger partial charge is 0.497 e. The van der Waals surface area contributed by atoms with Gasteiger partial charge < -0.3 is 9.47 Å². The van der Waals surface area contributed by atoms with E-state index in [9.17, 15) is 14.4 Å². The molecule has 4 rings (SSSR count). The summed E-state index contributed by atoms with van der Waals surface area (Å²) in [6, 6.07) is 8.74. The van der Waals surface area contributed by atoms with E-state index in [4.69, 9.17) is 9.47 Å². The van der Waals surface area contributed by atoms with Crippen molar-refractivity contribution in [2.24, 2.45) is 7.05 Å². The van der Waals surface area contributed by atoms with Crippen LogP contribution >= 0.6 is 0 Å². The zero-order chi connectivity index (χ0) is 21.4. The molecule has 1 aromatic carbocycles. The Morgan fingerprint density at radius 1 is 1.20 bits per heavy atom. The average molecular weight is 409 g/mol. The molecule has 1 aliphatic carbocycles. The van der Waals surface area contributed by atoms with Gasteiger partial charge in [0, 0.05) is 18.7 Å². The summed E-state index contributed by atoms with van der Waals surface area (Å²) in [5.74, 6) is 0.344. The highest BCUT2D eigenvalue weighted by Gasteiger charge is 2.29. The zero-order valence-corrected chi connectivity index (χ0v) is 17.2. The fourth-order valence-electron chi connectivity index (χ4n) is 3.51. The Kier molecular flexibility index (Phi) is 5.15. The van der Waals surface area contributed by atoms with E-state index in [0.717, 1.165) is 23.0 Å². The van der Waals surface area contributed by atoms with Gasteiger partial charge in [-0.05, 0) is 43.5 Å². The fourth-order valence-corrected chi connectivity index (χ4v) is 3.51. The Hall–Kier alpha value is -3.42. The topological polar surface area (TPSA) is 92.4 Å². The van der Waals surface area contributed by atoms with Gasteiger partial charge in [-0.3, -0.25) is 13.9 Å². The van der Waals surface area contributed by atoms with E-state index in [-0.39, 0.29) is 35.7 Å². The Balaban J connectivity index is 1.93. The van der Waals surface area contributed by atoms with Crippen molar-refractivity contribution in [1.82, 2.24) is 14.1 Å². The number of aryl methyl sites for hydroxylation is 1. The molecule has 1 aliphatic rings. The fraction of sp³-hybridized carbons (Fsp3) is 0.364. The molecule has 0 amide bonds. The monoisotopic (exact) mass is 409 g/mol. The number of fused-ring (bicyclic) bond motifs is 1. The Morgan fingerprint density at radius 3 is 2.50 bits per heavy atom. The van der Waals surface area contributed by atoms with Gasteiger partial charge in [0.25, 0.3) is 5.56 Å². The van der Waals surface area contributed by atoms with E-state index < -0.39 is 17.2 Å². The minimum Gasteiger partial charge on any atom is -0.497 e. The highest BCUT2D eigenvalue weighted by atomic mass is 16.5. The van der Waals surface area contributed by atoms with Crippen LogP contribution in [0.15, 0.2) is 39.9 Å². The summed E-state index contributed by atoms with van der Waals surface area (Å²) >= 11 is 0. The summed E-state index contributed by atoms with van der Waals surface area (Å²) in [7, 11) is 3.13. The quantitative estimate of drug-likeness (QED) is 0.580. The van der Waals surface area contributed by atoms with Crippen molar-refractivity contribution in [2.45, 2.75) is 32.2 Å². The summed E-state index contributed by atoms with van der Waals surface area (Å²) in [6.07, 6.45) is 1.95. The van der Waals surface area contributed by atoms with E-state index in [1.54, 1.807) is 51.4 Å². The predicted molar refractivity (Wildman–Crippen MR) is 111 cm³/mol. The summed E-state index contributed by atoms with van der Waals surface area (Å²) in [4.78, 5) is 43.5. The van der Waals surface area contributed by atoms with Crippen LogP contribution in [0.5, 0.6) is 5.75 Å². The lowest BCUT2D eigenvalue weighted by Crippen LogP contribution is -2.40. The molecule has 0 radical (unpaired) electrons. The number of aromatic nitrogens is 3. The normalized spacial score (nSPS) is 13.4. The van der Waals surface area contributed by atoms with Crippen molar-refractivity contribution < 1.29 is 14.3 Å². The minimum atomic E-state index is -0.585. The molecular weight excluding hydrogens is 386 g/mol. The summed E-state index contributed by atoms with van der Waals surface area (Å²) < 4.78 is 12.8. The van der Waals surface area contributed by atoms with Gasteiger partial charge >= 0.3 is 11.7 Å². The van der Waals surface area contributed by atoms with Crippen LogP contribution in [0.4, 0.5) is 0 Å². The van der Waals surface area contributed by atoms with Gasteiger partial charge in [0.1, 0.15) is 11.4 Å². The van der Waals surface area contributed by atoms with E-state index in [1.165, 1.54) is 4.57 Å². The molecular formula is C22H23N3O5. The van der Waals surface area contributed by atoms with Gasteiger partial charge in [0.05, 0.1) is 31.2 Å². The van der Waals surface area contributed by atoms with Crippen LogP contribution in [0.3, 0.4) is 0 Å². The maximum absolute atomic E-state index is 13.3. The third-order valence-corrected chi connectivity index (χ3v) is 5.31. The SMILES string of the molecule is CCOC(=O)c1cc(C2CC2)nc2c1c(=O)n(Cc1ccc(OC)cc1)c(=O)n2C. The van der Waals surface area contributed by atoms with Gasteiger partial charge in [-0.15, -0.1) is 0 Å². The molecule has 8 nitrogen and oxygen atoms in total. The molecule has 0 saturated heterocycles. The molecule has 1 fully saturated rings. The lowest BCUT2D eigenvalue weighted by atomic mass is 10.1. The second-order valence-corrected chi connectivity index (χ2v) is 7.37. The molecule has 2 aromatic heterocycles. The number of hydrogen-bond acceptors (Lipinski definition) is 6. The molecule has 0 bridgehead atoms. The van der Waals surface area contributed by atoms with E-state index >= 15 is 0 Å². The lowest BCUT2D eigenvalue weighted by Gasteiger charge is -2.14. The Bertz CT molecular complexity index is 1240. The number of ether oxygens (including phenoxy) is 2. The molecule has 0 aliphatic heterocycles. The first kappa shape index (κ1) is 19.9. The van der Waals surface area contributed by atoms with Crippen molar-refractivity contribution in [1.29, 1.82) is 0 Å². The van der Waals surface area contributed by atoms with Crippen molar-refractivity contribution in [3.8, 4) is 5.75 Å². The summed E-state index contributed by atoms with van der Waals surface area (Å²) in [5.41, 5.74) is 0.805. The average Bonchev–Trinajstić information content (AvgIpc) is 3.60. The number of pyridine rings is 1. The second kappa shape index (κ2) is 7.78. The van der Waals surface area contributed by atoms with Gasteiger partial charge in [-0.2, -0.15) is 0 Å². The van der Waals surface area contributed by atoms with Crippen LogP contribution in [0.1, 0.15) is 47.3 Å². The molecule has 8 heteroatoms. The number of hydrogen-bond donors (Lipinski definition) is 0. The minimum absolute atomic E-state index is 0.0675. The first-order valence-electron chi connectivity index (χ1n) is 9.89. The van der Waals surface area contributed by atoms with Crippen LogP contribution in [-0.4, -0.2) is 33.8 Å². The molecule has 3 aromatic rings. The molecule has 0 unspecified atom stereocenters. The van der Waals surface area contributed by atoms with E-state index in [1.807, 2.05) is 0 Å². The first-order valence-corrected chi connectivity index (χ1v) is 9.89. The Morgan fingerprint density at radius 2 is 1.90 bits per heavy atom. The highest BCUT2D eigenvalue weighted by Crippen LogP contribution is 2.39. The van der Waals surface area contributed by atoms with Crippen molar-refractivity contribution >= 4 is 17.0 Å². The second-order valence-electron chi connectivity index (χ2n) is 7.37. The predicted octanol–water partition coefficient (Wildman–Crippen LogP) is 2.21. The lowest BCUT2D eigenvalue weighted by molar-refractivity contribution is 0.0528. The maximum Gasteiger partial charge on any atom is 0.339 e. The number of methoxy groups -OCH3 is 1. The van der Waals surface area contributed by atoms with Crippen molar-refractivity contribution in [3.05, 3.63) is 68.0 Å². The third kappa shape index (κ3) is 3.49. The zero-order valence-electron chi connectivity index (χ0n) is 17.2. The molecule has 0 spiro atoms. The van der Waals surface area contributed by atoms with Crippen molar-refractivity contribution in [2.75, 3.05) is 13.7 Å². The summed E-state index contributed by atoms with van der Waals surface area (Å²) in [5, 5.41) is 0.105. The van der Waals surface area contributed by atoms with Crippen LogP contribution < -0.4 is 16.0 Å². The van der Waals surface area contributed by atoms with Crippen LogP contribution in [-0.2, 0) is 18.3 Å². The number of rotatable bonds is 6. The molecule has 0 atom stereocenters. The highest BCUT2D eigenvalue weighted by molar-refractivity contribution is 6.02. The molecule has 30 heavy (non-hydrogen) atoms. The number of esters is 1. The van der Waals surface area contributed by atoms with Gasteiger partial charge in [-0.1, -0.05) is 12.1 Å².